The number of amides is 1. The van der Waals surface area contributed by atoms with Crippen molar-refractivity contribution in [3.05, 3.63) is 0 Å². The summed E-state index contributed by atoms with van der Waals surface area (Å²) < 4.78 is 34.7. The van der Waals surface area contributed by atoms with Gasteiger partial charge in [-0.25, -0.2) is 4.57 Å². The molecule has 0 spiro atoms. The van der Waals surface area contributed by atoms with Gasteiger partial charge in [0.2, 0.25) is 5.91 Å². The molecule has 0 aliphatic carbocycles. The summed E-state index contributed by atoms with van der Waals surface area (Å²) in [6.07, 6.45) is 35.9. The first-order chi connectivity index (χ1) is 37.7. The summed E-state index contributed by atoms with van der Waals surface area (Å²) in [5.41, 5.74) is 0. The number of aliphatic hydroxyl groups is 2. The number of hydrogen-bond acceptors (Lipinski definition) is 12. The van der Waals surface area contributed by atoms with Crippen LogP contribution in [0.3, 0.4) is 0 Å². The minimum absolute atomic E-state index is 0.165. The van der Waals surface area contributed by atoms with Crippen LogP contribution < -0.4 is 5.32 Å². The monoisotopic (exact) mass is 1130 g/mol. The Kier molecular flexibility index (Phi) is 52.2. The highest BCUT2D eigenvalue weighted by Crippen LogP contribution is 2.40. The molecule has 78 heavy (non-hydrogen) atoms. The van der Waals surface area contributed by atoms with Crippen molar-refractivity contribution in [3.63, 3.8) is 0 Å². The molecule has 0 aromatic rings. The van der Waals surface area contributed by atoms with E-state index in [9.17, 15) is 48.5 Å². The van der Waals surface area contributed by atoms with Gasteiger partial charge >= 0.3 is 25.7 Å². The minimum atomic E-state index is -5.49. The lowest BCUT2D eigenvalue weighted by atomic mass is 10.0. The molecule has 0 radical (unpaired) electrons. The molecule has 0 fully saturated rings. The molecule has 0 aliphatic heterocycles. The smallest absolute Gasteiger partial charge is 0.462 e. The zero-order chi connectivity index (χ0) is 57.8. The molecule has 460 valence electrons. The predicted octanol–water partition coefficient (Wildman–Crippen LogP) is 15.3. The topological polar surface area (TPSA) is 232 Å². The number of aliphatic hydroxyl groups excluding tert-OH is 2. The molecule has 5 N–H and O–H groups in total. The van der Waals surface area contributed by atoms with E-state index in [4.69, 9.17) is 18.7 Å². The minimum Gasteiger partial charge on any atom is -0.462 e. The van der Waals surface area contributed by atoms with Crippen molar-refractivity contribution in [2.24, 2.45) is 0 Å². The number of hydrogen-bond donors (Lipinski definition) is 5. The van der Waals surface area contributed by atoms with Crippen molar-refractivity contribution in [1.29, 1.82) is 0 Å². The zero-order valence-electron chi connectivity index (χ0n) is 50.1. The number of esters is 3. The molecule has 0 unspecified atom stereocenters. The van der Waals surface area contributed by atoms with Gasteiger partial charge in [-0.3, -0.25) is 23.7 Å². The van der Waals surface area contributed by atoms with Gasteiger partial charge in [-0.15, -0.1) is 0 Å². The first-order valence-corrected chi connectivity index (χ1v) is 33.6. The summed E-state index contributed by atoms with van der Waals surface area (Å²) in [6.45, 7) is 7.67. The Labute approximate surface area is 475 Å². The van der Waals surface area contributed by atoms with Crippen LogP contribution in [0.4, 0.5) is 0 Å². The second-order valence-electron chi connectivity index (χ2n) is 22.4. The van der Waals surface area contributed by atoms with Crippen molar-refractivity contribution < 1.29 is 67.3 Å². The summed E-state index contributed by atoms with van der Waals surface area (Å²) in [4.78, 5) is 87.0. The first kappa shape index (κ1) is 75.6. The van der Waals surface area contributed by atoms with Crippen LogP contribution in [0.15, 0.2) is 0 Å². The van der Waals surface area contributed by atoms with Gasteiger partial charge in [0.1, 0.15) is 36.7 Å². The molecule has 0 heterocycles. The van der Waals surface area contributed by atoms with Gasteiger partial charge in [0.15, 0.2) is 6.10 Å². The highest BCUT2D eigenvalue weighted by atomic mass is 31.2. The van der Waals surface area contributed by atoms with E-state index in [1.54, 1.807) is 0 Å². The lowest BCUT2D eigenvalue weighted by Gasteiger charge is -2.33. The van der Waals surface area contributed by atoms with Crippen molar-refractivity contribution in [1.82, 2.24) is 5.32 Å². The molecular weight excluding hydrogens is 1010 g/mol. The van der Waals surface area contributed by atoms with Crippen LogP contribution in [-0.2, 0) is 47.3 Å². The number of phosphoric acid groups is 1. The molecule has 1 amide bonds. The number of carbonyl (C=O) groups is 5. The standard InChI is InChI=1S/C62H118NO14P/c1-5-9-13-17-21-25-27-31-35-39-43-47-58(68)74-53(45-41-37-33-29-23-19-15-11-7-3)49-57(67)63-55(51-64)61(62(56(66)52-65)77-78(71,72)73)76-60(70)50-54(46-42-38-34-30-24-20-16-12-8-4)75-59(69)48-44-40-36-32-28-26-22-18-14-10-6-2/h51,53-56,61-62,65-66H,5-50,52H2,1-4H3,(H,63,67)(H2,71,72,73)/t53-,54-,55+,56-,61-,62+/m1/s1. The van der Waals surface area contributed by atoms with E-state index in [1.165, 1.54) is 141 Å². The van der Waals surface area contributed by atoms with Crippen molar-refractivity contribution in [2.75, 3.05) is 6.61 Å². The van der Waals surface area contributed by atoms with Crippen molar-refractivity contribution >= 4 is 37.9 Å². The number of nitrogens with one attached hydrogen (secondary N) is 1. The highest BCUT2D eigenvalue weighted by molar-refractivity contribution is 7.46. The predicted molar refractivity (Wildman–Crippen MR) is 313 cm³/mol. The summed E-state index contributed by atoms with van der Waals surface area (Å²) >= 11 is 0. The van der Waals surface area contributed by atoms with Crippen LogP contribution in [0, 0.1) is 0 Å². The Bertz CT molecular complexity index is 1480. The molecule has 0 rings (SSSR count). The Morgan fingerprint density at radius 3 is 1.05 bits per heavy atom. The van der Waals surface area contributed by atoms with Crippen molar-refractivity contribution in [3.8, 4) is 0 Å². The molecule has 6 atom stereocenters. The van der Waals surface area contributed by atoms with E-state index in [2.05, 4.69) is 33.0 Å². The number of carbonyl (C=O) groups excluding carboxylic acids is 5. The molecule has 15 nitrogen and oxygen atoms in total. The molecule has 0 aromatic carbocycles. The highest BCUT2D eigenvalue weighted by Gasteiger charge is 2.43. The number of aldehydes is 1. The van der Waals surface area contributed by atoms with Crippen LogP contribution in [0.2, 0.25) is 0 Å². The fraction of sp³-hybridized carbons (Fsp3) is 0.919. The SMILES string of the molecule is CCCCCCCCCCCCCC(=O)O[C@H](CCCCCCCCCCC)CC(=O)N[C@@H](C=O)[C@@H](OC(=O)C[C@@H](CCCCCCCCCCC)OC(=O)CCCCCCCCCCCCC)[C@@H](OP(=O)(O)O)[C@H](O)CO. The number of ether oxygens (including phenoxy) is 3. The average molecular weight is 1130 g/mol. The van der Waals surface area contributed by atoms with E-state index >= 15 is 0 Å². The fourth-order valence-electron chi connectivity index (χ4n) is 10.1. The van der Waals surface area contributed by atoms with E-state index in [-0.39, 0.29) is 25.5 Å². The third-order valence-electron chi connectivity index (χ3n) is 14.9. The third-order valence-corrected chi connectivity index (χ3v) is 15.4. The number of phosphoric ester groups is 1. The summed E-state index contributed by atoms with van der Waals surface area (Å²) in [5.74, 6) is -2.74. The summed E-state index contributed by atoms with van der Waals surface area (Å²) in [6, 6.07) is -1.85. The van der Waals surface area contributed by atoms with Crippen LogP contribution in [0.25, 0.3) is 0 Å². The van der Waals surface area contributed by atoms with Gasteiger partial charge in [-0.05, 0) is 38.5 Å². The second-order valence-corrected chi connectivity index (χ2v) is 23.6. The number of rotatable bonds is 59. The zero-order valence-corrected chi connectivity index (χ0v) is 51.0. The molecule has 0 bridgehead atoms. The Morgan fingerprint density at radius 2 is 0.744 bits per heavy atom. The quantitative estimate of drug-likeness (QED) is 0.0125. The molecule has 16 heteroatoms. The molecular formula is C62H118NO14P. The Balaban J connectivity index is 6.12. The van der Waals surface area contributed by atoms with E-state index < -0.39 is 81.2 Å². The van der Waals surface area contributed by atoms with Gasteiger partial charge in [0.05, 0.1) is 19.4 Å². The maximum absolute atomic E-state index is 13.9. The largest absolute Gasteiger partial charge is 0.470 e. The molecule has 0 aromatic heterocycles. The van der Waals surface area contributed by atoms with Crippen LogP contribution in [-0.4, -0.2) is 93.3 Å². The normalized spacial score (nSPS) is 14.1. The van der Waals surface area contributed by atoms with Gasteiger partial charge in [0.25, 0.3) is 0 Å². The average Bonchev–Trinajstić information content (AvgIpc) is 3.40. The number of unbranched alkanes of at least 4 members (excludes halogenated alkanes) is 36. The van der Waals surface area contributed by atoms with E-state index in [1.807, 2.05) is 0 Å². The van der Waals surface area contributed by atoms with Gasteiger partial charge < -0.3 is 44.3 Å². The van der Waals surface area contributed by atoms with E-state index in [0.29, 0.717) is 38.5 Å². The Morgan fingerprint density at radius 1 is 0.436 bits per heavy atom. The van der Waals surface area contributed by atoms with Crippen LogP contribution in [0.1, 0.15) is 323 Å². The summed E-state index contributed by atoms with van der Waals surface area (Å²) in [7, 11) is -5.49. The molecule has 0 saturated heterocycles. The third kappa shape index (κ3) is 47.2. The van der Waals surface area contributed by atoms with Gasteiger partial charge in [-0.2, -0.15) is 0 Å². The van der Waals surface area contributed by atoms with E-state index in [0.717, 1.165) is 89.9 Å². The van der Waals surface area contributed by atoms with Crippen molar-refractivity contribution in [2.45, 2.75) is 360 Å². The molecule has 0 aliphatic rings. The maximum atomic E-state index is 13.9. The first-order valence-electron chi connectivity index (χ1n) is 32.1. The fourth-order valence-corrected chi connectivity index (χ4v) is 10.7. The lowest BCUT2D eigenvalue weighted by molar-refractivity contribution is -0.169. The molecule has 0 saturated carbocycles. The Hall–Kier alpha value is -2.42. The second kappa shape index (κ2) is 53.9. The van der Waals surface area contributed by atoms with Gasteiger partial charge in [-0.1, -0.05) is 259 Å². The summed E-state index contributed by atoms with van der Waals surface area (Å²) in [5, 5.41) is 23.3. The lowest BCUT2D eigenvalue weighted by Crippen LogP contribution is -2.56. The van der Waals surface area contributed by atoms with Crippen LogP contribution >= 0.6 is 7.82 Å². The van der Waals surface area contributed by atoms with Gasteiger partial charge in [0, 0.05) is 12.8 Å². The van der Waals surface area contributed by atoms with Crippen LogP contribution in [0.5, 0.6) is 0 Å². The maximum Gasteiger partial charge on any atom is 0.470 e.